The van der Waals surface area contributed by atoms with Crippen LogP contribution in [0.1, 0.15) is 11.3 Å². The fourth-order valence-corrected chi connectivity index (χ4v) is 3.62. The molecule has 1 saturated heterocycles. The number of rotatable bonds is 6. The molecule has 0 N–H and O–H groups in total. The summed E-state index contributed by atoms with van der Waals surface area (Å²) in [6.45, 7) is 9.33. The van der Waals surface area contributed by atoms with Crippen LogP contribution in [0.25, 0.3) is 5.78 Å². The average Bonchev–Trinajstić information content (AvgIpc) is 3.15. The molecule has 0 aliphatic carbocycles. The Hall–Kier alpha value is -2.51. The standard InChI is InChI=1S/C20H27N7/c1-17-14-19(27-20(23-17)21-16-22-27)26-12-10-25(11-13-26)9-8-24(2)15-18-6-4-3-5-7-18/h3-7,14,16H,8-13,15H2,1-2H3. The van der Waals surface area contributed by atoms with Gasteiger partial charge >= 0.3 is 0 Å². The van der Waals surface area contributed by atoms with Crippen LogP contribution in [0.4, 0.5) is 5.82 Å². The first-order chi connectivity index (χ1) is 13.2. The molecule has 142 valence electrons. The van der Waals surface area contributed by atoms with E-state index in [2.05, 4.69) is 73.2 Å². The van der Waals surface area contributed by atoms with Gasteiger partial charge in [0.15, 0.2) is 0 Å². The summed E-state index contributed by atoms with van der Waals surface area (Å²) in [6, 6.07) is 12.8. The third-order valence-corrected chi connectivity index (χ3v) is 5.15. The van der Waals surface area contributed by atoms with Gasteiger partial charge in [0.05, 0.1) is 0 Å². The van der Waals surface area contributed by atoms with Gasteiger partial charge in [-0.15, -0.1) is 0 Å². The van der Waals surface area contributed by atoms with Gasteiger partial charge in [0.1, 0.15) is 12.1 Å². The second-order valence-electron chi connectivity index (χ2n) is 7.28. The molecule has 4 rings (SSSR count). The lowest BCUT2D eigenvalue weighted by Crippen LogP contribution is -2.48. The minimum atomic E-state index is 0.676. The van der Waals surface area contributed by atoms with E-state index < -0.39 is 0 Å². The van der Waals surface area contributed by atoms with E-state index in [1.165, 1.54) is 5.56 Å². The van der Waals surface area contributed by atoms with Crippen LogP contribution in [-0.4, -0.2) is 75.7 Å². The van der Waals surface area contributed by atoms with Gasteiger partial charge in [-0.05, 0) is 19.5 Å². The fraction of sp³-hybridized carbons (Fsp3) is 0.450. The molecule has 3 aromatic rings. The fourth-order valence-electron chi connectivity index (χ4n) is 3.62. The first kappa shape index (κ1) is 17.9. The molecule has 2 aromatic heterocycles. The summed E-state index contributed by atoms with van der Waals surface area (Å²) < 4.78 is 1.84. The molecule has 0 saturated carbocycles. The van der Waals surface area contributed by atoms with E-state index in [0.29, 0.717) is 5.78 Å². The highest BCUT2D eigenvalue weighted by molar-refractivity contribution is 5.47. The van der Waals surface area contributed by atoms with Crippen molar-refractivity contribution in [2.75, 3.05) is 51.2 Å². The number of hydrogen-bond acceptors (Lipinski definition) is 6. The second kappa shape index (κ2) is 8.02. The highest BCUT2D eigenvalue weighted by Gasteiger charge is 2.20. The van der Waals surface area contributed by atoms with Crippen LogP contribution in [0.3, 0.4) is 0 Å². The Morgan fingerprint density at radius 2 is 1.85 bits per heavy atom. The average molecular weight is 365 g/mol. The topological polar surface area (TPSA) is 52.8 Å². The summed E-state index contributed by atoms with van der Waals surface area (Å²) in [4.78, 5) is 16.0. The molecule has 27 heavy (non-hydrogen) atoms. The van der Waals surface area contributed by atoms with Crippen molar-refractivity contribution < 1.29 is 0 Å². The highest BCUT2D eigenvalue weighted by Crippen LogP contribution is 2.17. The highest BCUT2D eigenvalue weighted by atomic mass is 15.4. The van der Waals surface area contributed by atoms with Crippen molar-refractivity contribution in [2.24, 2.45) is 0 Å². The zero-order chi connectivity index (χ0) is 18.6. The molecule has 0 amide bonds. The van der Waals surface area contributed by atoms with Gasteiger partial charge in [-0.3, -0.25) is 4.90 Å². The normalized spacial score (nSPS) is 15.7. The zero-order valence-electron chi connectivity index (χ0n) is 16.1. The number of aryl methyl sites for hydroxylation is 1. The molecule has 1 aliphatic rings. The summed E-state index contributed by atoms with van der Waals surface area (Å²) >= 11 is 0. The molecule has 1 aromatic carbocycles. The van der Waals surface area contributed by atoms with Crippen molar-refractivity contribution in [3.05, 3.63) is 54.0 Å². The maximum atomic E-state index is 4.44. The summed E-state index contributed by atoms with van der Waals surface area (Å²) in [5, 5.41) is 4.33. The monoisotopic (exact) mass is 365 g/mol. The van der Waals surface area contributed by atoms with Crippen LogP contribution < -0.4 is 4.90 Å². The lowest BCUT2D eigenvalue weighted by molar-refractivity contribution is 0.212. The number of fused-ring (bicyclic) bond motifs is 1. The first-order valence-electron chi connectivity index (χ1n) is 9.56. The summed E-state index contributed by atoms with van der Waals surface area (Å²) in [7, 11) is 2.20. The Morgan fingerprint density at radius 1 is 1.07 bits per heavy atom. The molecule has 0 bridgehead atoms. The first-order valence-corrected chi connectivity index (χ1v) is 9.56. The number of aromatic nitrogens is 4. The minimum Gasteiger partial charge on any atom is -0.354 e. The number of benzene rings is 1. The van der Waals surface area contributed by atoms with E-state index in [-0.39, 0.29) is 0 Å². The molecule has 0 spiro atoms. The van der Waals surface area contributed by atoms with E-state index in [0.717, 1.165) is 57.3 Å². The van der Waals surface area contributed by atoms with E-state index in [1.54, 1.807) is 6.33 Å². The second-order valence-corrected chi connectivity index (χ2v) is 7.28. The summed E-state index contributed by atoms with van der Waals surface area (Å²) in [6.07, 6.45) is 1.57. The van der Waals surface area contributed by atoms with E-state index in [1.807, 2.05) is 11.4 Å². The molecule has 0 unspecified atom stereocenters. The molecule has 0 atom stereocenters. The van der Waals surface area contributed by atoms with Crippen molar-refractivity contribution in [1.82, 2.24) is 29.4 Å². The Morgan fingerprint density at radius 3 is 2.63 bits per heavy atom. The Bertz CT molecular complexity index is 868. The van der Waals surface area contributed by atoms with E-state index >= 15 is 0 Å². The molecule has 7 heteroatoms. The van der Waals surface area contributed by atoms with Crippen molar-refractivity contribution in [2.45, 2.75) is 13.5 Å². The molecule has 7 nitrogen and oxygen atoms in total. The van der Waals surface area contributed by atoms with Crippen molar-refractivity contribution in [1.29, 1.82) is 0 Å². The van der Waals surface area contributed by atoms with E-state index in [4.69, 9.17) is 0 Å². The lowest BCUT2D eigenvalue weighted by atomic mass is 10.2. The molecular formula is C20H27N7. The largest absolute Gasteiger partial charge is 0.354 e. The number of likely N-dealkylation sites (N-methyl/N-ethyl adjacent to an activating group) is 1. The number of nitrogens with zero attached hydrogens (tertiary/aromatic N) is 7. The van der Waals surface area contributed by atoms with Gasteiger partial charge in [-0.2, -0.15) is 14.6 Å². The maximum Gasteiger partial charge on any atom is 0.254 e. The predicted molar refractivity (Wildman–Crippen MR) is 107 cm³/mol. The molecule has 3 heterocycles. The lowest BCUT2D eigenvalue weighted by Gasteiger charge is -2.36. The molecule has 0 radical (unpaired) electrons. The third-order valence-electron chi connectivity index (χ3n) is 5.15. The SMILES string of the molecule is Cc1cc(N2CCN(CCN(C)Cc3ccccc3)CC2)n2ncnc2n1. The predicted octanol–water partition coefficient (Wildman–Crippen LogP) is 1.69. The van der Waals surface area contributed by atoms with Gasteiger partial charge in [-0.25, -0.2) is 4.98 Å². The van der Waals surface area contributed by atoms with Crippen LogP contribution in [0.15, 0.2) is 42.7 Å². The van der Waals surface area contributed by atoms with Crippen LogP contribution in [-0.2, 0) is 6.54 Å². The molecular weight excluding hydrogens is 338 g/mol. The Balaban J connectivity index is 1.29. The van der Waals surface area contributed by atoms with Crippen LogP contribution >= 0.6 is 0 Å². The smallest absolute Gasteiger partial charge is 0.254 e. The van der Waals surface area contributed by atoms with Gasteiger partial charge in [0.2, 0.25) is 0 Å². The van der Waals surface area contributed by atoms with Crippen LogP contribution in [0.2, 0.25) is 0 Å². The van der Waals surface area contributed by atoms with Crippen LogP contribution in [0, 0.1) is 6.92 Å². The minimum absolute atomic E-state index is 0.676. The maximum absolute atomic E-state index is 4.44. The number of hydrogen-bond donors (Lipinski definition) is 0. The van der Waals surface area contributed by atoms with Crippen molar-refractivity contribution >= 4 is 11.6 Å². The third kappa shape index (κ3) is 4.26. The summed E-state index contributed by atoms with van der Waals surface area (Å²) in [5.41, 5.74) is 2.35. The van der Waals surface area contributed by atoms with Gasteiger partial charge in [0.25, 0.3) is 5.78 Å². The van der Waals surface area contributed by atoms with Crippen molar-refractivity contribution in [3.63, 3.8) is 0 Å². The van der Waals surface area contributed by atoms with Gasteiger partial charge < -0.3 is 9.80 Å². The van der Waals surface area contributed by atoms with Crippen LogP contribution in [0.5, 0.6) is 0 Å². The quantitative estimate of drug-likeness (QED) is 0.663. The zero-order valence-corrected chi connectivity index (χ0v) is 16.1. The van der Waals surface area contributed by atoms with Gasteiger partial charge in [-0.1, -0.05) is 30.3 Å². The number of anilines is 1. The van der Waals surface area contributed by atoms with Crippen molar-refractivity contribution in [3.8, 4) is 0 Å². The number of piperazine rings is 1. The molecule has 1 aliphatic heterocycles. The Labute approximate surface area is 160 Å². The van der Waals surface area contributed by atoms with Gasteiger partial charge in [0, 0.05) is 57.6 Å². The summed E-state index contributed by atoms with van der Waals surface area (Å²) in [5.74, 6) is 1.77. The van der Waals surface area contributed by atoms with E-state index in [9.17, 15) is 0 Å². The molecule has 1 fully saturated rings. The Kier molecular flexibility index (Phi) is 5.31.